The molecule has 0 atom stereocenters. The normalized spacial score (nSPS) is 11.7. The second-order valence-corrected chi connectivity index (χ2v) is 16.0. The second kappa shape index (κ2) is 13.9. The molecule has 8 aromatic carbocycles. The van der Waals surface area contributed by atoms with Crippen LogP contribution in [0.25, 0.3) is 121 Å². The molecule has 0 unspecified atom stereocenters. The quantitative estimate of drug-likeness (QED) is 0.168. The number of benzene rings is 8. The highest BCUT2D eigenvalue weighted by Crippen LogP contribution is 2.45. The summed E-state index contributed by atoms with van der Waals surface area (Å²) in [5.41, 5.74) is 11.5. The second-order valence-electron chi connectivity index (χ2n) is 14.9. The van der Waals surface area contributed by atoms with Crippen LogP contribution in [0.3, 0.4) is 0 Å². The predicted molar refractivity (Wildman–Crippen MR) is 248 cm³/mol. The molecule has 0 aliphatic heterocycles. The average Bonchev–Trinajstić information content (AvgIpc) is 3.91. The number of aromatic nitrogens is 4. The highest BCUT2D eigenvalue weighted by atomic mass is 32.1. The summed E-state index contributed by atoms with van der Waals surface area (Å²) >= 11 is 1.86. The van der Waals surface area contributed by atoms with E-state index in [-0.39, 0.29) is 0 Å². The van der Waals surface area contributed by atoms with Gasteiger partial charge in [0.1, 0.15) is 11.3 Å². The van der Waals surface area contributed by atoms with Crippen LogP contribution < -0.4 is 0 Å². The molecule has 0 amide bonds. The van der Waals surface area contributed by atoms with Gasteiger partial charge in [-0.1, -0.05) is 164 Å². The van der Waals surface area contributed by atoms with Crippen LogP contribution in [0.5, 0.6) is 0 Å². The van der Waals surface area contributed by atoms with Crippen LogP contribution >= 0.6 is 11.3 Å². The lowest BCUT2D eigenvalue weighted by molar-refractivity contribution is 0.669. The topological polar surface area (TPSA) is 64.7 Å². The maximum Gasteiger partial charge on any atom is 0.164 e. The van der Waals surface area contributed by atoms with Crippen molar-refractivity contribution in [2.24, 2.45) is 0 Å². The first-order chi connectivity index (χ1) is 29.7. The zero-order valence-corrected chi connectivity index (χ0v) is 32.9. The smallest absolute Gasteiger partial charge is 0.164 e. The molecular weight excluding hydrogens is 753 g/mol. The van der Waals surface area contributed by atoms with E-state index < -0.39 is 0 Å². The molecule has 0 fully saturated rings. The summed E-state index contributed by atoms with van der Waals surface area (Å²) in [5.74, 6) is 1.82. The maximum atomic E-state index is 6.80. The Balaban J connectivity index is 1.04. The molecule has 12 rings (SSSR count). The van der Waals surface area contributed by atoms with Crippen molar-refractivity contribution in [1.82, 2.24) is 19.9 Å². The third kappa shape index (κ3) is 5.69. The van der Waals surface area contributed by atoms with Gasteiger partial charge in [0.25, 0.3) is 0 Å². The summed E-state index contributed by atoms with van der Waals surface area (Å²) < 4.78 is 9.41. The number of fused-ring (bicyclic) bond motifs is 8. The number of hydrogen-bond acceptors (Lipinski definition) is 6. The number of pyridine rings is 1. The first-order valence-electron chi connectivity index (χ1n) is 20.0. The molecule has 0 radical (unpaired) electrons. The monoisotopic (exact) mass is 784 g/mol. The SMILES string of the molecule is c1ccc(-c2nc(-c3ccccc3)nc(-c3cccc(-c4nc5cccc(-c6cccc(-c7cccc8c7sc7ccccc78)c6)c5c5c4oc4ccccc45)c3)n2)cc1. The maximum absolute atomic E-state index is 6.80. The summed E-state index contributed by atoms with van der Waals surface area (Å²) in [4.78, 5) is 20.4. The van der Waals surface area contributed by atoms with Crippen molar-refractivity contribution in [1.29, 1.82) is 0 Å². The van der Waals surface area contributed by atoms with Crippen molar-refractivity contribution in [3.8, 4) is 67.7 Å². The summed E-state index contributed by atoms with van der Waals surface area (Å²) in [6, 6.07) is 67.3. The lowest BCUT2D eigenvalue weighted by atomic mass is 9.93. The van der Waals surface area contributed by atoms with Gasteiger partial charge in [0.2, 0.25) is 0 Å². The average molecular weight is 785 g/mol. The molecule has 4 heterocycles. The molecule has 60 heavy (non-hydrogen) atoms. The van der Waals surface area contributed by atoms with Crippen molar-refractivity contribution in [3.63, 3.8) is 0 Å². The van der Waals surface area contributed by atoms with Gasteiger partial charge in [-0.2, -0.15) is 0 Å². The number of hydrogen-bond donors (Lipinski definition) is 0. The third-order valence-electron chi connectivity index (χ3n) is 11.3. The summed E-state index contributed by atoms with van der Waals surface area (Å²) in [7, 11) is 0. The Morgan fingerprint density at radius 1 is 0.367 bits per heavy atom. The number of thiophene rings is 1. The standard InChI is InChI=1S/C54H32N4OS/c1-3-15-33(16-4-1)52-56-53(34-17-5-2-6-18-34)58-54(57-52)38-22-12-21-37(32-38)49-50-48(43-24-7-9-29-45(43)59-50)47-39(25-14-28-44(47)55-49)35-19-11-20-36(31-35)40-26-13-27-42-41-23-8-10-30-46(41)60-51(40)42/h1-32H. The van der Waals surface area contributed by atoms with Crippen LogP contribution in [0.15, 0.2) is 199 Å². The van der Waals surface area contributed by atoms with Crippen molar-refractivity contribution < 1.29 is 4.42 Å². The van der Waals surface area contributed by atoms with E-state index in [1.165, 1.54) is 31.3 Å². The minimum absolute atomic E-state index is 0.583. The van der Waals surface area contributed by atoms with Gasteiger partial charge in [0.05, 0.1) is 5.52 Å². The lowest BCUT2D eigenvalue weighted by Crippen LogP contribution is -2.00. The molecule has 0 aliphatic carbocycles. The summed E-state index contributed by atoms with van der Waals surface area (Å²) in [6.45, 7) is 0. The Kier molecular flexibility index (Phi) is 7.96. The van der Waals surface area contributed by atoms with Crippen LogP contribution in [-0.2, 0) is 0 Å². The van der Waals surface area contributed by atoms with E-state index in [4.69, 9.17) is 24.4 Å². The highest BCUT2D eigenvalue weighted by molar-refractivity contribution is 7.26. The minimum atomic E-state index is 0.583. The number of furan rings is 1. The summed E-state index contributed by atoms with van der Waals surface area (Å²) in [6.07, 6.45) is 0. The van der Waals surface area contributed by atoms with Crippen molar-refractivity contribution in [2.45, 2.75) is 0 Å². The fraction of sp³-hybridized carbons (Fsp3) is 0. The molecule has 12 aromatic rings. The largest absolute Gasteiger partial charge is 0.454 e. The minimum Gasteiger partial charge on any atom is -0.454 e. The first kappa shape index (κ1) is 34.3. The van der Waals surface area contributed by atoms with E-state index in [1.807, 2.05) is 96.3 Å². The zero-order chi connectivity index (χ0) is 39.6. The molecule has 280 valence electrons. The van der Waals surface area contributed by atoms with E-state index >= 15 is 0 Å². The Bertz CT molecular complexity index is 3550. The molecule has 4 aromatic heterocycles. The Hall–Kier alpha value is -7.80. The Morgan fingerprint density at radius 2 is 0.900 bits per heavy atom. The van der Waals surface area contributed by atoms with Gasteiger partial charge in [-0.3, -0.25) is 0 Å². The van der Waals surface area contributed by atoms with Gasteiger partial charge in [-0.15, -0.1) is 11.3 Å². The number of rotatable bonds is 6. The van der Waals surface area contributed by atoms with Crippen molar-refractivity contribution in [2.75, 3.05) is 0 Å². The van der Waals surface area contributed by atoms with Gasteiger partial charge in [0, 0.05) is 58.6 Å². The molecule has 0 spiro atoms. The van der Waals surface area contributed by atoms with Crippen LogP contribution in [0, 0.1) is 0 Å². The molecule has 0 bridgehead atoms. The van der Waals surface area contributed by atoms with Gasteiger partial charge in [-0.25, -0.2) is 19.9 Å². The fourth-order valence-electron chi connectivity index (χ4n) is 8.54. The lowest BCUT2D eigenvalue weighted by Gasteiger charge is -2.13. The van der Waals surface area contributed by atoms with E-state index in [2.05, 4.69) is 109 Å². The Morgan fingerprint density at radius 3 is 1.67 bits per heavy atom. The van der Waals surface area contributed by atoms with Crippen molar-refractivity contribution >= 4 is 64.4 Å². The van der Waals surface area contributed by atoms with Crippen LogP contribution in [-0.4, -0.2) is 19.9 Å². The van der Waals surface area contributed by atoms with Gasteiger partial charge >= 0.3 is 0 Å². The van der Waals surface area contributed by atoms with Crippen LogP contribution in [0.1, 0.15) is 0 Å². The summed E-state index contributed by atoms with van der Waals surface area (Å²) in [5, 5.41) is 5.75. The molecule has 5 nitrogen and oxygen atoms in total. The molecule has 0 N–H and O–H groups in total. The van der Waals surface area contributed by atoms with Gasteiger partial charge < -0.3 is 4.42 Å². The number of para-hydroxylation sites is 1. The van der Waals surface area contributed by atoms with E-state index in [9.17, 15) is 0 Å². The van der Waals surface area contributed by atoms with Crippen LogP contribution in [0.4, 0.5) is 0 Å². The van der Waals surface area contributed by atoms with Crippen LogP contribution in [0.2, 0.25) is 0 Å². The molecule has 0 aliphatic rings. The van der Waals surface area contributed by atoms with E-state index in [0.29, 0.717) is 17.5 Å². The first-order valence-corrected chi connectivity index (χ1v) is 20.8. The Labute approximate surface area is 348 Å². The van der Waals surface area contributed by atoms with Gasteiger partial charge in [0.15, 0.2) is 23.1 Å². The molecular formula is C54H32N4OS. The number of nitrogens with zero attached hydrogens (tertiary/aromatic N) is 4. The molecule has 0 saturated heterocycles. The zero-order valence-electron chi connectivity index (χ0n) is 32.1. The fourth-order valence-corrected chi connectivity index (χ4v) is 9.77. The van der Waals surface area contributed by atoms with Gasteiger partial charge in [-0.05, 0) is 52.6 Å². The molecule has 6 heteroatoms. The third-order valence-corrected chi connectivity index (χ3v) is 12.5. The van der Waals surface area contributed by atoms with Crippen molar-refractivity contribution in [3.05, 3.63) is 194 Å². The van der Waals surface area contributed by atoms with E-state index in [0.717, 1.165) is 71.9 Å². The predicted octanol–water partition coefficient (Wildman–Crippen LogP) is 14.7. The molecule has 0 saturated carbocycles. The van der Waals surface area contributed by atoms with E-state index in [1.54, 1.807) is 0 Å². The highest BCUT2D eigenvalue weighted by Gasteiger charge is 2.22.